The topological polar surface area (TPSA) is 229 Å². The smallest absolute Gasteiger partial charge is 0.472 e. The van der Waals surface area contributed by atoms with Crippen LogP contribution in [0.4, 0.5) is 0 Å². The molecule has 1 unspecified atom stereocenters. The maximum atomic E-state index is 12.7. The Morgan fingerprint density at radius 1 is 0.787 bits per heavy atom. The number of ketones is 1. The molecule has 6 N–H and O–H groups in total. The monoisotopic (exact) mass is 879 g/mol. The summed E-state index contributed by atoms with van der Waals surface area (Å²) in [5, 5.41) is 29.6. The summed E-state index contributed by atoms with van der Waals surface area (Å²) in [7, 11) is -4.80. The van der Waals surface area contributed by atoms with Gasteiger partial charge in [0, 0.05) is 31.1 Å². The van der Waals surface area contributed by atoms with Crippen molar-refractivity contribution in [1.29, 1.82) is 0 Å². The van der Waals surface area contributed by atoms with E-state index in [0.717, 1.165) is 70.6 Å². The zero-order valence-electron chi connectivity index (χ0n) is 36.4. The van der Waals surface area contributed by atoms with Crippen molar-refractivity contribution in [3.63, 3.8) is 0 Å². The van der Waals surface area contributed by atoms with Crippen LogP contribution in [0.15, 0.2) is 72.9 Å². The third-order valence-electron chi connectivity index (χ3n) is 9.81. The van der Waals surface area contributed by atoms with Gasteiger partial charge in [0.15, 0.2) is 6.10 Å². The van der Waals surface area contributed by atoms with Gasteiger partial charge in [0.2, 0.25) is 0 Å². The SMILES string of the molecule is CC/C=C\C/C=C\C/C=C\C/C=C\CCCCCCC(=O)OC[C@H](COP(=O)(O)OC[C@H](N)C(=O)O)OC(=O)CCC/C=C\C[C@H]1C(=O)C[C@@H](O)[C@@H]1/C=C/[C@@H](O)CCCCC. The number of carbonyl (C=O) groups is 4. The Hall–Kier alpha value is -3.49. The van der Waals surface area contributed by atoms with E-state index in [4.69, 9.17) is 24.8 Å². The van der Waals surface area contributed by atoms with Gasteiger partial charge < -0.3 is 35.4 Å². The largest absolute Gasteiger partial charge is 0.480 e. The van der Waals surface area contributed by atoms with Crippen molar-refractivity contribution in [2.75, 3.05) is 19.8 Å². The van der Waals surface area contributed by atoms with Crippen LogP contribution in [0.25, 0.3) is 0 Å². The number of Topliss-reactive ketones (excluding diaryl/α,β-unsaturated/α-hetero) is 1. The first-order valence-corrected chi connectivity index (χ1v) is 23.6. The minimum absolute atomic E-state index is 0.0409. The number of allylic oxidation sites excluding steroid dienone is 10. The molecule has 1 saturated carbocycles. The molecule has 1 aliphatic carbocycles. The molecular weight excluding hydrogens is 805 g/mol. The summed E-state index contributed by atoms with van der Waals surface area (Å²) < 4.78 is 32.6. The molecule has 61 heavy (non-hydrogen) atoms. The van der Waals surface area contributed by atoms with Crippen LogP contribution >= 0.6 is 7.82 Å². The van der Waals surface area contributed by atoms with E-state index in [9.17, 15) is 38.8 Å². The number of aliphatic hydroxyl groups is 2. The molecule has 1 fully saturated rings. The van der Waals surface area contributed by atoms with Gasteiger partial charge in [-0.05, 0) is 70.6 Å². The lowest BCUT2D eigenvalue weighted by molar-refractivity contribution is -0.161. The van der Waals surface area contributed by atoms with E-state index >= 15 is 0 Å². The molecule has 0 aromatic rings. The van der Waals surface area contributed by atoms with Crippen molar-refractivity contribution >= 4 is 31.5 Å². The predicted molar refractivity (Wildman–Crippen MR) is 236 cm³/mol. The van der Waals surface area contributed by atoms with E-state index in [1.54, 1.807) is 12.2 Å². The Kier molecular flexibility index (Phi) is 31.9. The van der Waals surface area contributed by atoms with Gasteiger partial charge in [-0.25, -0.2) is 4.57 Å². The molecule has 1 rings (SSSR count). The maximum absolute atomic E-state index is 12.7. The summed E-state index contributed by atoms with van der Waals surface area (Å²) in [5.74, 6) is -3.50. The molecule has 346 valence electrons. The fourth-order valence-electron chi connectivity index (χ4n) is 6.27. The van der Waals surface area contributed by atoms with Crippen molar-refractivity contribution in [1.82, 2.24) is 0 Å². The number of hydrogen-bond donors (Lipinski definition) is 5. The first-order valence-electron chi connectivity index (χ1n) is 22.1. The van der Waals surface area contributed by atoms with Crippen LogP contribution in [-0.2, 0) is 42.3 Å². The number of rotatable bonds is 36. The van der Waals surface area contributed by atoms with E-state index in [-0.39, 0.29) is 31.0 Å². The second kappa shape index (κ2) is 35.0. The number of phosphoric ester groups is 1. The molecule has 0 bridgehead atoms. The predicted octanol–water partition coefficient (Wildman–Crippen LogP) is 8.31. The zero-order chi connectivity index (χ0) is 45.1. The summed E-state index contributed by atoms with van der Waals surface area (Å²) in [5.41, 5.74) is 5.32. The number of hydrogen-bond acceptors (Lipinski definition) is 12. The lowest BCUT2D eigenvalue weighted by Crippen LogP contribution is -2.34. The number of carboxylic acids is 1. The Morgan fingerprint density at radius 2 is 1.39 bits per heavy atom. The van der Waals surface area contributed by atoms with Gasteiger partial charge in [-0.15, -0.1) is 0 Å². The normalized spacial score (nSPS) is 19.8. The lowest BCUT2D eigenvalue weighted by Gasteiger charge is -2.20. The third kappa shape index (κ3) is 29.4. The highest BCUT2D eigenvalue weighted by Gasteiger charge is 2.39. The zero-order valence-corrected chi connectivity index (χ0v) is 37.3. The standard InChI is InChI=1S/C46H74NO13P/c1-3-5-7-8-9-10-11-12-13-14-15-16-17-18-19-20-25-29-44(51)57-34-38(35-58-61(55,56)59-36-41(47)46(53)54)60-45(52)30-26-22-21-24-28-39-40(43(50)33-42(39)49)32-31-37(48)27-23-6-4-2/h5,7,9-10,12-13,15-16,21,24,31-32,37-41,43,48,50H,3-4,6,8,11,14,17-20,22-23,25-30,33-36,47H2,1-2H3,(H,53,54)(H,55,56)/b7-5-,10-9-,13-12-,16-15-,24-21-,32-31+/t37-,38+,39+,40+,41-,43+/m0/s1. The fourth-order valence-corrected chi connectivity index (χ4v) is 7.05. The first-order chi connectivity index (χ1) is 29.3. The van der Waals surface area contributed by atoms with Crippen molar-refractivity contribution in [3.8, 4) is 0 Å². The van der Waals surface area contributed by atoms with Crippen molar-refractivity contribution in [2.45, 2.75) is 160 Å². The number of unbranched alkanes of at least 4 members (excludes halogenated alkanes) is 7. The summed E-state index contributed by atoms with van der Waals surface area (Å²) in [6.07, 6.45) is 34.8. The van der Waals surface area contributed by atoms with Crippen LogP contribution in [0.1, 0.15) is 136 Å². The van der Waals surface area contributed by atoms with Crippen LogP contribution in [-0.4, -0.2) is 88.1 Å². The average Bonchev–Trinajstić information content (AvgIpc) is 3.49. The number of nitrogens with two attached hydrogens (primary N) is 1. The number of carbonyl (C=O) groups excluding carboxylic acids is 3. The molecule has 0 saturated heterocycles. The van der Waals surface area contributed by atoms with Crippen LogP contribution in [0.2, 0.25) is 0 Å². The molecule has 1 aliphatic rings. The molecule has 0 aliphatic heterocycles. The molecule has 15 heteroatoms. The quantitative estimate of drug-likeness (QED) is 0.0173. The number of aliphatic carboxylic acids is 1. The Balaban J connectivity index is 2.53. The molecule has 0 amide bonds. The molecule has 0 heterocycles. The van der Waals surface area contributed by atoms with Gasteiger partial charge in [0.05, 0.1) is 25.4 Å². The number of ether oxygens (including phenoxy) is 2. The van der Waals surface area contributed by atoms with Crippen molar-refractivity contribution in [2.24, 2.45) is 17.6 Å². The lowest BCUT2D eigenvalue weighted by atomic mass is 9.90. The van der Waals surface area contributed by atoms with Crippen molar-refractivity contribution < 1.29 is 62.5 Å². The molecule has 7 atom stereocenters. The molecule has 0 aromatic carbocycles. The van der Waals surface area contributed by atoms with Gasteiger partial charge in [-0.2, -0.15) is 0 Å². The summed E-state index contributed by atoms with van der Waals surface area (Å²) in [4.78, 5) is 58.8. The fraction of sp³-hybridized carbons (Fsp3) is 0.652. The minimum Gasteiger partial charge on any atom is -0.480 e. The number of aliphatic hydroxyl groups excluding tert-OH is 2. The van der Waals surface area contributed by atoms with Crippen LogP contribution in [0, 0.1) is 11.8 Å². The summed E-state index contributed by atoms with van der Waals surface area (Å²) in [6, 6.07) is -1.57. The molecule has 0 spiro atoms. The van der Waals surface area contributed by atoms with E-state index < -0.39 is 75.8 Å². The second-order valence-corrected chi connectivity index (χ2v) is 16.7. The second-order valence-electron chi connectivity index (χ2n) is 15.2. The molecule has 0 aromatic heterocycles. The van der Waals surface area contributed by atoms with Crippen LogP contribution in [0.3, 0.4) is 0 Å². The first kappa shape index (κ1) is 55.5. The van der Waals surface area contributed by atoms with Gasteiger partial charge in [0.25, 0.3) is 0 Å². The number of carboxylic acid groups (broad SMARTS) is 1. The van der Waals surface area contributed by atoms with E-state index in [0.29, 0.717) is 32.1 Å². The highest BCUT2D eigenvalue weighted by Crippen LogP contribution is 2.43. The van der Waals surface area contributed by atoms with E-state index in [2.05, 4.69) is 67.0 Å². The molecule has 14 nitrogen and oxygen atoms in total. The molecule has 0 radical (unpaired) electrons. The van der Waals surface area contributed by atoms with Gasteiger partial charge in [-0.1, -0.05) is 119 Å². The van der Waals surface area contributed by atoms with E-state index in [1.165, 1.54) is 0 Å². The van der Waals surface area contributed by atoms with Crippen LogP contribution in [0.5, 0.6) is 0 Å². The molecular formula is C46H74NO13P. The van der Waals surface area contributed by atoms with Gasteiger partial charge in [-0.3, -0.25) is 28.2 Å². The summed E-state index contributed by atoms with van der Waals surface area (Å²) >= 11 is 0. The maximum Gasteiger partial charge on any atom is 0.472 e. The Labute approximate surface area is 363 Å². The van der Waals surface area contributed by atoms with Crippen molar-refractivity contribution in [3.05, 3.63) is 72.9 Å². The van der Waals surface area contributed by atoms with Gasteiger partial charge >= 0.3 is 25.7 Å². The number of phosphoric acid groups is 1. The van der Waals surface area contributed by atoms with Crippen LogP contribution < -0.4 is 5.73 Å². The van der Waals surface area contributed by atoms with Gasteiger partial charge in [0.1, 0.15) is 18.4 Å². The third-order valence-corrected chi connectivity index (χ3v) is 10.8. The highest BCUT2D eigenvalue weighted by molar-refractivity contribution is 7.47. The highest BCUT2D eigenvalue weighted by atomic mass is 31.2. The minimum atomic E-state index is -4.80. The summed E-state index contributed by atoms with van der Waals surface area (Å²) in [6.45, 7) is 2.27. The Morgan fingerprint density at radius 3 is 2.07 bits per heavy atom. The Bertz CT molecular complexity index is 1470. The number of esters is 2. The average molecular weight is 880 g/mol. The van der Waals surface area contributed by atoms with E-state index in [1.807, 2.05) is 12.2 Å².